The van der Waals surface area contributed by atoms with Crippen molar-refractivity contribution in [1.82, 2.24) is 10.2 Å². The highest BCUT2D eigenvalue weighted by Gasteiger charge is 2.48. The van der Waals surface area contributed by atoms with Gasteiger partial charge >= 0.3 is 12.0 Å². The van der Waals surface area contributed by atoms with Crippen LogP contribution in [0.4, 0.5) is 4.79 Å². The van der Waals surface area contributed by atoms with E-state index in [1.807, 2.05) is 38.1 Å². The number of unbranched alkanes of at least 4 members (excludes halogenated alkanes) is 1. The van der Waals surface area contributed by atoms with Crippen molar-refractivity contribution >= 4 is 17.9 Å². The van der Waals surface area contributed by atoms with Crippen molar-refractivity contribution < 1.29 is 19.1 Å². The molecule has 24 heavy (non-hydrogen) atoms. The first-order valence-electron chi connectivity index (χ1n) is 8.25. The van der Waals surface area contributed by atoms with E-state index < -0.39 is 17.5 Å². The van der Waals surface area contributed by atoms with E-state index in [4.69, 9.17) is 4.74 Å². The van der Waals surface area contributed by atoms with E-state index in [1.54, 1.807) is 6.92 Å². The third-order valence-electron chi connectivity index (χ3n) is 4.20. The first kappa shape index (κ1) is 18.0. The maximum Gasteiger partial charge on any atom is 0.325 e. The molecule has 1 aliphatic heterocycles. The molecule has 1 heterocycles. The molecule has 0 saturated carbocycles. The predicted octanol–water partition coefficient (Wildman–Crippen LogP) is 2.50. The standard InChI is InChI=1S/C18H24N2O4/c1-4-5-12-24-15(21)10-11-20-16(22)18(3,19-17(20)23)14-8-6-13(2)7-9-14/h6-9H,4-5,10-12H2,1-3H3,(H,19,23)/t18-/m0/s1. The predicted molar refractivity (Wildman–Crippen MR) is 89.3 cm³/mol. The van der Waals surface area contributed by atoms with Crippen LogP contribution in [-0.2, 0) is 19.9 Å². The molecule has 6 nitrogen and oxygen atoms in total. The van der Waals surface area contributed by atoms with Crippen LogP contribution in [0, 0.1) is 6.92 Å². The molecule has 1 saturated heterocycles. The summed E-state index contributed by atoms with van der Waals surface area (Å²) in [5.74, 6) is -0.745. The molecule has 0 spiro atoms. The van der Waals surface area contributed by atoms with Crippen LogP contribution in [0.3, 0.4) is 0 Å². The molecule has 0 radical (unpaired) electrons. The Kier molecular flexibility index (Phi) is 5.59. The van der Waals surface area contributed by atoms with E-state index in [1.165, 1.54) is 0 Å². The van der Waals surface area contributed by atoms with Crippen LogP contribution in [0.2, 0.25) is 0 Å². The van der Waals surface area contributed by atoms with Gasteiger partial charge in [-0.25, -0.2) is 4.79 Å². The summed E-state index contributed by atoms with van der Waals surface area (Å²) in [5, 5.41) is 2.73. The number of hydrogen-bond donors (Lipinski definition) is 1. The average molecular weight is 332 g/mol. The Morgan fingerprint density at radius 2 is 1.92 bits per heavy atom. The zero-order chi connectivity index (χ0) is 17.7. The fourth-order valence-corrected chi connectivity index (χ4v) is 2.59. The number of nitrogens with one attached hydrogen (secondary N) is 1. The maximum atomic E-state index is 12.7. The molecule has 1 atom stereocenters. The zero-order valence-corrected chi connectivity index (χ0v) is 14.4. The minimum Gasteiger partial charge on any atom is -0.466 e. The molecule has 3 amide bonds. The lowest BCUT2D eigenvalue weighted by molar-refractivity contribution is -0.144. The Morgan fingerprint density at radius 3 is 2.54 bits per heavy atom. The number of benzene rings is 1. The summed E-state index contributed by atoms with van der Waals surface area (Å²) in [7, 11) is 0. The summed E-state index contributed by atoms with van der Waals surface area (Å²) >= 11 is 0. The number of nitrogens with zero attached hydrogens (tertiary/aromatic N) is 1. The third-order valence-corrected chi connectivity index (χ3v) is 4.20. The molecule has 2 rings (SSSR count). The molecular formula is C18H24N2O4. The van der Waals surface area contributed by atoms with Gasteiger partial charge in [0.1, 0.15) is 5.54 Å². The van der Waals surface area contributed by atoms with Gasteiger partial charge < -0.3 is 10.1 Å². The number of amides is 3. The van der Waals surface area contributed by atoms with Crippen LogP contribution in [0.1, 0.15) is 44.2 Å². The third kappa shape index (κ3) is 3.75. The number of esters is 1. The largest absolute Gasteiger partial charge is 0.466 e. The molecule has 1 fully saturated rings. The summed E-state index contributed by atoms with van der Waals surface area (Å²) in [6, 6.07) is 6.97. The Bertz CT molecular complexity index is 626. The van der Waals surface area contributed by atoms with Gasteiger partial charge in [-0.2, -0.15) is 0 Å². The Balaban J connectivity index is 2.01. The van der Waals surface area contributed by atoms with Crippen molar-refractivity contribution in [1.29, 1.82) is 0 Å². The van der Waals surface area contributed by atoms with Crippen molar-refractivity contribution in [3.05, 3.63) is 35.4 Å². The van der Waals surface area contributed by atoms with Gasteiger partial charge in [0.05, 0.1) is 13.0 Å². The average Bonchev–Trinajstić information content (AvgIpc) is 2.77. The van der Waals surface area contributed by atoms with Crippen molar-refractivity contribution in [2.45, 2.75) is 45.6 Å². The van der Waals surface area contributed by atoms with E-state index in [0.717, 1.165) is 28.9 Å². The molecule has 0 aliphatic carbocycles. The molecule has 1 aromatic rings. The fraction of sp³-hybridized carbons (Fsp3) is 0.500. The Hall–Kier alpha value is -2.37. The van der Waals surface area contributed by atoms with Gasteiger partial charge in [-0.05, 0) is 25.8 Å². The van der Waals surface area contributed by atoms with Gasteiger partial charge in [0.25, 0.3) is 5.91 Å². The smallest absolute Gasteiger partial charge is 0.325 e. The van der Waals surface area contributed by atoms with E-state index in [2.05, 4.69) is 5.32 Å². The summed E-state index contributed by atoms with van der Waals surface area (Å²) in [6.45, 7) is 6.04. The minimum atomic E-state index is -1.10. The van der Waals surface area contributed by atoms with E-state index in [9.17, 15) is 14.4 Å². The summed E-state index contributed by atoms with van der Waals surface area (Å²) in [6.07, 6.45) is 1.75. The molecular weight excluding hydrogens is 308 g/mol. The molecule has 0 unspecified atom stereocenters. The Labute approximate surface area is 142 Å². The minimum absolute atomic E-state index is 0.00680. The number of hydrogen-bond acceptors (Lipinski definition) is 4. The number of rotatable bonds is 7. The van der Waals surface area contributed by atoms with E-state index in [0.29, 0.717) is 6.61 Å². The quantitative estimate of drug-likeness (QED) is 0.473. The van der Waals surface area contributed by atoms with Crippen LogP contribution in [-0.4, -0.2) is 36.0 Å². The highest BCUT2D eigenvalue weighted by Crippen LogP contribution is 2.29. The highest BCUT2D eigenvalue weighted by molar-refractivity contribution is 6.07. The summed E-state index contributed by atoms with van der Waals surface area (Å²) < 4.78 is 5.05. The van der Waals surface area contributed by atoms with Crippen LogP contribution < -0.4 is 5.32 Å². The Morgan fingerprint density at radius 1 is 1.25 bits per heavy atom. The summed E-state index contributed by atoms with van der Waals surface area (Å²) in [4.78, 5) is 37.6. The van der Waals surface area contributed by atoms with Gasteiger partial charge in [-0.3, -0.25) is 14.5 Å². The van der Waals surface area contributed by atoms with E-state index in [-0.39, 0.29) is 18.9 Å². The molecule has 0 aromatic heterocycles. The van der Waals surface area contributed by atoms with Crippen LogP contribution in [0.5, 0.6) is 0 Å². The normalized spacial score (nSPS) is 20.2. The number of carbonyl (C=O) groups is 3. The monoisotopic (exact) mass is 332 g/mol. The summed E-state index contributed by atoms with van der Waals surface area (Å²) in [5.41, 5.74) is 0.696. The van der Waals surface area contributed by atoms with Gasteiger partial charge in [-0.1, -0.05) is 43.2 Å². The van der Waals surface area contributed by atoms with Crippen LogP contribution in [0.25, 0.3) is 0 Å². The second-order valence-corrected chi connectivity index (χ2v) is 6.20. The lowest BCUT2D eigenvalue weighted by Gasteiger charge is -2.22. The van der Waals surface area contributed by atoms with Crippen molar-refractivity contribution in [3.8, 4) is 0 Å². The first-order chi connectivity index (χ1) is 11.4. The SMILES string of the molecule is CCCCOC(=O)CCN1C(=O)N[C@@](C)(c2ccc(C)cc2)C1=O. The zero-order valence-electron chi connectivity index (χ0n) is 14.4. The van der Waals surface area contributed by atoms with Crippen LogP contribution in [0.15, 0.2) is 24.3 Å². The topological polar surface area (TPSA) is 75.7 Å². The van der Waals surface area contributed by atoms with Crippen molar-refractivity contribution in [3.63, 3.8) is 0 Å². The van der Waals surface area contributed by atoms with Gasteiger partial charge in [0, 0.05) is 6.54 Å². The second-order valence-electron chi connectivity index (χ2n) is 6.20. The highest BCUT2D eigenvalue weighted by atomic mass is 16.5. The second kappa shape index (κ2) is 7.47. The number of urea groups is 1. The lowest BCUT2D eigenvalue weighted by Crippen LogP contribution is -2.41. The molecule has 130 valence electrons. The van der Waals surface area contributed by atoms with Crippen molar-refractivity contribution in [2.75, 3.05) is 13.2 Å². The van der Waals surface area contributed by atoms with Crippen LogP contribution >= 0.6 is 0 Å². The van der Waals surface area contributed by atoms with Gasteiger partial charge in [-0.15, -0.1) is 0 Å². The van der Waals surface area contributed by atoms with E-state index >= 15 is 0 Å². The molecule has 1 N–H and O–H groups in total. The number of aryl methyl sites for hydroxylation is 1. The van der Waals surface area contributed by atoms with Crippen molar-refractivity contribution in [2.24, 2.45) is 0 Å². The lowest BCUT2D eigenvalue weighted by atomic mass is 9.91. The van der Waals surface area contributed by atoms with Gasteiger partial charge in [0.15, 0.2) is 0 Å². The molecule has 1 aliphatic rings. The van der Waals surface area contributed by atoms with Gasteiger partial charge in [0.2, 0.25) is 0 Å². The maximum absolute atomic E-state index is 12.7. The fourth-order valence-electron chi connectivity index (χ4n) is 2.59. The number of imide groups is 1. The molecule has 0 bridgehead atoms. The number of ether oxygens (including phenoxy) is 1. The molecule has 6 heteroatoms. The first-order valence-corrected chi connectivity index (χ1v) is 8.25. The molecule has 1 aromatic carbocycles. The number of carbonyl (C=O) groups excluding carboxylic acids is 3.